The molecule has 0 aliphatic carbocycles. The number of nitrogens with zero attached hydrogens (tertiary/aromatic N) is 1. The van der Waals surface area contributed by atoms with Crippen molar-refractivity contribution >= 4 is 23.5 Å². The van der Waals surface area contributed by atoms with Crippen molar-refractivity contribution in [1.82, 2.24) is 10.2 Å². The highest BCUT2D eigenvalue weighted by molar-refractivity contribution is 5.90. The van der Waals surface area contributed by atoms with Gasteiger partial charge in [-0.2, -0.15) is 0 Å². The van der Waals surface area contributed by atoms with Gasteiger partial charge in [0.15, 0.2) is 0 Å². The predicted molar refractivity (Wildman–Crippen MR) is 116 cm³/mol. The average molecular weight is 399 g/mol. The first-order valence-electron chi connectivity index (χ1n) is 9.48. The summed E-state index contributed by atoms with van der Waals surface area (Å²) in [6.07, 6.45) is -0.521. The van der Waals surface area contributed by atoms with Gasteiger partial charge in [0.25, 0.3) is 0 Å². The third-order valence-electron chi connectivity index (χ3n) is 3.73. The van der Waals surface area contributed by atoms with Crippen molar-refractivity contribution in [1.29, 1.82) is 0 Å². The summed E-state index contributed by atoms with van der Waals surface area (Å²) in [7, 11) is 4.04. The Bertz CT molecular complexity index is 827. The Balaban J connectivity index is 1.83. The lowest BCUT2D eigenvalue weighted by atomic mass is 10.1. The van der Waals surface area contributed by atoms with Gasteiger partial charge in [-0.3, -0.25) is 5.32 Å². The zero-order chi connectivity index (χ0) is 21.4. The number of carbonyl (C=O) groups is 2. The van der Waals surface area contributed by atoms with Crippen LogP contribution in [0.15, 0.2) is 48.5 Å². The molecule has 3 N–H and O–H groups in total. The maximum absolute atomic E-state index is 12.1. The van der Waals surface area contributed by atoms with E-state index in [1.54, 1.807) is 45.0 Å². The molecule has 0 aliphatic rings. The second-order valence-electron chi connectivity index (χ2n) is 8.07. The molecule has 0 radical (unpaired) electrons. The molecule has 29 heavy (non-hydrogen) atoms. The van der Waals surface area contributed by atoms with Gasteiger partial charge < -0.3 is 20.3 Å². The Hall–Kier alpha value is -3.06. The molecule has 0 saturated heterocycles. The number of anilines is 2. The van der Waals surface area contributed by atoms with Crippen LogP contribution in [0.2, 0.25) is 0 Å². The van der Waals surface area contributed by atoms with Crippen LogP contribution in [0.5, 0.6) is 0 Å². The van der Waals surface area contributed by atoms with Gasteiger partial charge in [-0.25, -0.2) is 9.59 Å². The van der Waals surface area contributed by atoms with E-state index in [0.29, 0.717) is 17.9 Å². The predicted octanol–water partition coefficient (Wildman–Crippen LogP) is 4.42. The average Bonchev–Trinajstić information content (AvgIpc) is 2.60. The zero-order valence-electron chi connectivity index (χ0n) is 17.7. The van der Waals surface area contributed by atoms with Crippen molar-refractivity contribution in [3.8, 4) is 0 Å². The van der Waals surface area contributed by atoms with Crippen molar-refractivity contribution < 1.29 is 14.3 Å². The summed E-state index contributed by atoms with van der Waals surface area (Å²) in [5.74, 6) is 0. The molecular formula is C22H30N4O3. The normalized spacial score (nSPS) is 11.1. The van der Waals surface area contributed by atoms with E-state index < -0.39 is 11.7 Å². The molecule has 7 nitrogen and oxygen atoms in total. The summed E-state index contributed by atoms with van der Waals surface area (Å²) in [4.78, 5) is 26.0. The van der Waals surface area contributed by atoms with E-state index in [9.17, 15) is 9.59 Å². The van der Waals surface area contributed by atoms with Gasteiger partial charge in [-0.05, 0) is 70.3 Å². The third kappa shape index (κ3) is 8.66. The summed E-state index contributed by atoms with van der Waals surface area (Å²) < 4.78 is 5.21. The van der Waals surface area contributed by atoms with Crippen LogP contribution in [0.25, 0.3) is 0 Å². The van der Waals surface area contributed by atoms with E-state index in [-0.39, 0.29) is 6.03 Å². The lowest BCUT2D eigenvalue weighted by molar-refractivity contribution is 0.0636. The first kappa shape index (κ1) is 22.2. The van der Waals surface area contributed by atoms with Gasteiger partial charge >= 0.3 is 12.1 Å². The van der Waals surface area contributed by atoms with Gasteiger partial charge in [-0.15, -0.1) is 0 Å². The molecule has 0 bridgehead atoms. The lowest BCUT2D eigenvalue weighted by Crippen LogP contribution is -2.28. The molecule has 7 heteroatoms. The smallest absolute Gasteiger partial charge is 0.412 e. The van der Waals surface area contributed by atoms with Gasteiger partial charge in [0, 0.05) is 24.5 Å². The third-order valence-corrected chi connectivity index (χ3v) is 3.73. The van der Waals surface area contributed by atoms with E-state index in [1.807, 2.05) is 26.2 Å². The first-order valence-corrected chi connectivity index (χ1v) is 9.48. The second kappa shape index (κ2) is 9.93. The monoisotopic (exact) mass is 398 g/mol. The fraction of sp³-hybridized carbons (Fsp3) is 0.364. The molecule has 3 amide bonds. The van der Waals surface area contributed by atoms with Crippen molar-refractivity contribution in [2.24, 2.45) is 0 Å². The van der Waals surface area contributed by atoms with Crippen molar-refractivity contribution in [2.45, 2.75) is 39.5 Å². The Morgan fingerprint density at radius 2 is 1.52 bits per heavy atom. The number of carbonyl (C=O) groups excluding carboxylic acids is 2. The van der Waals surface area contributed by atoms with E-state index in [1.165, 1.54) is 5.56 Å². The largest absolute Gasteiger partial charge is 0.444 e. The summed E-state index contributed by atoms with van der Waals surface area (Å²) in [5.41, 5.74) is 2.89. The minimum Gasteiger partial charge on any atom is -0.444 e. The van der Waals surface area contributed by atoms with Crippen LogP contribution in [-0.4, -0.2) is 36.7 Å². The maximum atomic E-state index is 12.1. The Labute approximate surface area is 172 Å². The highest BCUT2D eigenvalue weighted by atomic mass is 16.6. The van der Waals surface area contributed by atoms with Gasteiger partial charge in [0.2, 0.25) is 0 Å². The number of benzene rings is 2. The molecule has 2 aromatic carbocycles. The summed E-state index contributed by atoms with van der Waals surface area (Å²) >= 11 is 0. The summed E-state index contributed by atoms with van der Waals surface area (Å²) in [6, 6.07) is 14.6. The molecule has 2 rings (SSSR count). The molecule has 0 aliphatic heterocycles. The molecule has 0 aromatic heterocycles. The standard InChI is InChI=1S/C22H30N4O3/c1-22(2,3)29-21(28)25-19-11-9-18(10-12-19)24-20(27)23-14-16-7-6-8-17(13-16)15-26(4)5/h6-13H,14-15H2,1-5H3,(H,25,28)(H2,23,24,27). The molecule has 2 aromatic rings. The number of hydrogen-bond acceptors (Lipinski definition) is 4. The van der Waals surface area contributed by atoms with Crippen LogP contribution in [0, 0.1) is 0 Å². The molecule has 0 heterocycles. The number of rotatable bonds is 6. The molecule has 0 atom stereocenters. The number of nitrogens with one attached hydrogen (secondary N) is 3. The minimum atomic E-state index is -0.560. The fourth-order valence-electron chi connectivity index (χ4n) is 2.62. The van der Waals surface area contributed by atoms with Crippen LogP contribution in [0.1, 0.15) is 31.9 Å². The van der Waals surface area contributed by atoms with E-state index >= 15 is 0 Å². The van der Waals surface area contributed by atoms with Crippen molar-refractivity contribution in [2.75, 3.05) is 24.7 Å². The van der Waals surface area contributed by atoms with Crippen LogP contribution in [-0.2, 0) is 17.8 Å². The van der Waals surface area contributed by atoms with E-state index in [0.717, 1.165) is 12.1 Å². The number of urea groups is 1. The quantitative estimate of drug-likeness (QED) is 0.673. The minimum absolute atomic E-state index is 0.295. The molecule has 0 unspecified atom stereocenters. The highest BCUT2D eigenvalue weighted by Gasteiger charge is 2.16. The van der Waals surface area contributed by atoms with Gasteiger partial charge in [0.05, 0.1) is 0 Å². The highest BCUT2D eigenvalue weighted by Crippen LogP contribution is 2.15. The van der Waals surface area contributed by atoms with Crippen molar-refractivity contribution in [3.05, 3.63) is 59.7 Å². The topological polar surface area (TPSA) is 82.7 Å². The maximum Gasteiger partial charge on any atom is 0.412 e. The van der Waals surface area contributed by atoms with Crippen molar-refractivity contribution in [3.63, 3.8) is 0 Å². The molecule has 0 fully saturated rings. The Morgan fingerprint density at radius 1 is 0.931 bits per heavy atom. The van der Waals surface area contributed by atoms with E-state index in [2.05, 4.69) is 33.0 Å². The molecular weight excluding hydrogens is 368 g/mol. The Morgan fingerprint density at radius 3 is 2.10 bits per heavy atom. The second-order valence-corrected chi connectivity index (χ2v) is 8.07. The molecule has 156 valence electrons. The molecule has 0 saturated carbocycles. The van der Waals surface area contributed by atoms with Crippen LogP contribution in [0.3, 0.4) is 0 Å². The SMILES string of the molecule is CN(C)Cc1cccc(CNC(=O)Nc2ccc(NC(=O)OC(C)(C)C)cc2)c1. The summed E-state index contributed by atoms with van der Waals surface area (Å²) in [5, 5.41) is 8.27. The van der Waals surface area contributed by atoms with E-state index in [4.69, 9.17) is 4.74 Å². The van der Waals surface area contributed by atoms with Gasteiger partial charge in [0.1, 0.15) is 5.60 Å². The van der Waals surface area contributed by atoms with Crippen LogP contribution >= 0.6 is 0 Å². The molecule has 0 spiro atoms. The van der Waals surface area contributed by atoms with Crippen LogP contribution in [0.4, 0.5) is 21.0 Å². The number of amides is 3. The summed E-state index contributed by atoms with van der Waals surface area (Å²) in [6.45, 7) is 6.69. The van der Waals surface area contributed by atoms with Crippen LogP contribution < -0.4 is 16.0 Å². The lowest BCUT2D eigenvalue weighted by Gasteiger charge is -2.19. The number of hydrogen-bond donors (Lipinski definition) is 3. The first-order chi connectivity index (χ1) is 13.6. The number of ether oxygens (including phenoxy) is 1. The zero-order valence-corrected chi connectivity index (χ0v) is 17.7. The fourth-order valence-corrected chi connectivity index (χ4v) is 2.62. The Kier molecular flexibility index (Phi) is 7.61. The van der Waals surface area contributed by atoms with Gasteiger partial charge in [-0.1, -0.05) is 24.3 Å².